The van der Waals surface area contributed by atoms with E-state index in [4.69, 9.17) is 4.18 Å². The van der Waals surface area contributed by atoms with E-state index in [0.717, 1.165) is 49.9 Å². The van der Waals surface area contributed by atoms with Crippen molar-refractivity contribution in [3.8, 4) is 0 Å². The number of carbonyl (C=O) groups is 2. The summed E-state index contributed by atoms with van der Waals surface area (Å²) in [4.78, 5) is 25.6. The highest BCUT2D eigenvalue weighted by Crippen LogP contribution is 2.29. The maximum absolute atomic E-state index is 12.0. The molecule has 1 aromatic carbocycles. The third-order valence-corrected chi connectivity index (χ3v) is 5.93. The number of amides is 2. The minimum Gasteiger partial charge on any atom is -0.372 e. The quantitative estimate of drug-likeness (QED) is 0.584. The number of benzene rings is 1. The predicted molar refractivity (Wildman–Crippen MR) is 102 cm³/mol. The maximum Gasteiger partial charge on any atom is 0.264 e. The van der Waals surface area contributed by atoms with Gasteiger partial charge in [0.2, 0.25) is 11.8 Å². The molecule has 1 N–H and O–H groups in total. The van der Waals surface area contributed by atoms with E-state index in [9.17, 15) is 18.0 Å². The van der Waals surface area contributed by atoms with Gasteiger partial charge in [0, 0.05) is 25.2 Å². The van der Waals surface area contributed by atoms with Gasteiger partial charge in [-0.3, -0.25) is 19.1 Å². The van der Waals surface area contributed by atoms with Crippen LogP contribution in [0.25, 0.3) is 0 Å². The second-order valence-corrected chi connectivity index (χ2v) is 8.98. The highest BCUT2D eigenvalue weighted by Gasteiger charge is 2.28. The summed E-state index contributed by atoms with van der Waals surface area (Å²) in [6, 6.07) is 8.01. The van der Waals surface area contributed by atoms with E-state index in [1.807, 2.05) is 24.3 Å². The van der Waals surface area contributed by atoms with Crippen LogP contribution in [0.1, 0.15) is 43.6 Å². The van der Waals surface area contributed by atoms with Crippen LogP contribution in [-0.4, -0.2) is 46.2 Å². The Balaban J connectivity index is 1.50. The number of nitrogens with zero attached hydrogens (tertiary/aromatic N) is 1. The third kappa shape index (κ3) is 5.52. The van der Waals surface area contributed by atoms with Crippen molar-refractivity contribution in [2.75, 3.05) is 30.9 Å². The van der Waals surface area contributed by atoms with Crippen LogP contribution in [0.15, 0.2) is 24.3 Å². The molecule has 0 saturated carbocycles. The summed E-state index contributed by atoms with van der Waals surface area (Å²) in [5, 5.41) is 2.40. The number of anilines is 1. The minimum atomic E-state index is -3.36. The molecule has 0 bridgehead atoms. The summed E-state index contributed by atoms with van der Waals surface area (Å²) >= 11 is 0. The van der Waals surface area contributed by atoms with Gasteiger partial charge in [-0.15, -0.1) is 0 Å². The molecule has 2 aliphatic rings. The van der Waals surface area contributed by atoms with Crippen LogP contribution in [0.5, 0.6) is 0 Å². The van der Waals surface area contributed by atoms with E-state index in [0.29, 0.717) is 18.8 Å². The minimum absolute atomic E-state index is 0.197. The van der Waals surface area contributed by atoms with Crippen LogP contribution in [0.3, 0.4) is 0 Å². The fourth-order valence-electron chi connectivity index (χ4n) is 3.78. The van der Waals surface area contributed by atoms with E-state index < -0.39 is 10.1 Å². The van der Waals surface area contributed by atoms with Crippen LogP contribution in [-0.2, 0) is 23.9 Å². The summed E-state index contributed by atoms with van der Waals surface area (Å²) in [6.45, 7) is 2.09. The Kier molecular flexibility index (Phi) is 6.16. The molecule has 2 fully saturated rings. The number of imide groups is 1. The van der Waals surface area contributed by atoms with Crippen LogP contribution < -0.4 is 10.2 Å². The molecule has 8 heteroatoms. The van der Waals surface area contributed by atoms with Crippen molar-refractivity contribution in [1.29, 1.82) is 0 Å². The monoisotopic (exact) mass is 394 g/mol. The lowest BCUT2D eigenvalue weighted by molar-refractivity contribution is -0.134. The smallest absolute Gasteiger partial charge is 0.264 e. The molecule has 7 nitrogen and oxygen atoms in total. The highest BCUT2D eigenvalue weighted by atomic mass is 32.2. The van der Waals surface area contributed by atoms with Crippen LogP contribution in [0, 0.1) is 5.92 Å². The average Bonchev–Trinajstić information content (AvgIpc) is 2.62. The third-order valence-electron chi connectivity index (χ3n) is 5.34. The van der Waals surface area contributed by atoms with Crippen molar-refractivity contribution in [1.82, 2.24) is 5.32 Å². The first-order chi connectivity index (χ1) is 12.8. The molecule has 2 amide bonds. The first-order valence-corrected chi connectivity index (χ1v) is 11.2. The molecule has 1 unspecified atom stereocenters. The largest absolute Gasteiger partial charge is 0.372 e. The Hall–Kier alpha value is -1.93. The average molecular weight is 394 g/mol. The van der Waals surface area contributed by atoms with Crippen LogP contribution in [0.2, 0.25) is 0 Å². The van der Waals surface area contributed by atoms with Gasteiger partial charge in [0.05, 0.1) is 18.8 Å². The van der Waals surface area contributed by atoms with E-state index in [1.165, 1.54) is 0 Å². The molecule has 1 atom stereocenters. The first-order valence-electron chi connectivity index (χ1n) is 9.35. The molecule has 2 aliphatic heterocycles. The zero-order valence-electron chi connectivity index (χ0n) is 15.5. The van der Waals surface area contributed by atoms with Gasteiger partial charge in [0.25, 0.3) is 10.1 Å². The van der Waals surface area contributed by atoms with Gasteiger partial charge in [0.1, 0.15) is 0 Å². The van der Waals surface area contributed by atoms with E-state index >= 15 is 0 Å². The molecule has 148 valence electrons. The van der Waals surface area contributed by atoms with Crippen molar-refractivity contribution < 1.29 is 22.2 Å². The molecule has 0 aromatic heterocycles. The van der Waals surface area contributed by atoms with E-state index in [2.05, 4.69) is 10.2 Å². The molecule has 2 saturated heterocycles. The summed E-state index contributed by atoms with van der Waals surface area (Å²) in [6.07, 6.45) is 4.78. The normalized spacial score (nSPS) is 22.0. The number of piperidine rings is 2. The Morgan fingerprint density at radius 3 is 2.37 bits per heavy atom. The predicted octanol–water partition coefficient (Wildman–Crippen LogP) is 1.79. The molecular weight excluding hydrogens is 368 g/mol. The fourth-order valence-corrected chi connectivity index (χ4v) is 4.17. The molecule has 0 spiro atoms. The lowest BCUT2D eigenvalue weighted by Crippen LogP contribution is -2.39. The highest BCUT2D eigenvalue weighted by molar-refractivity contribution is 7.85. The number of carbonyl (C=O) groups excluding carboxylic acids is 2. The van der Waals surface area contributed by atoms with Gasteiger partial charge in [-0.2, -0.15) is 8.42 Å². The standard InChI is InChI=1S/C19H26N2O5S/c1-27(24,25)26-13-10-14-8-11-21(12-9-14)16-4-2-15(3-5-16)17-6-7-18(22)20-19(17)23/h2-5,14,17H,6-13H2,1H3,(H,20,22,23). The number of nitrogens with one attached hydrogen (secondary N) is 1. The molecule has 27 heavy (non-hydrogen) atoms. The molecule has 3 rings (SSSR count). The summed E-state index contributed by atoms with van der Waals surface area (Å²) in [5.74, 6) is -0.183. The maximum atomic E-state index is 12.0. The summed E-state index contributed by atoms with van der Waals surface area (Å²) < 4.78 is 26.9. The Bertz CT molecular complexity index is 783. The zero-order valence-corrected chi connectivity index (χ0v) is 16.3. The van der Waals surface area contributed by atoms with Crippen molar-refractivity contribution in [2.45, 2.75) is 38.0 Å². The molecule has 1 aromatic rings. The van der Waals surface area contributed by atoms with Gasteiger partial charge >= 0.3 is 0 Å². The Labute approximate surface area is 160 Å². The van der Waals surface area contributed by atoms with Gasteiger partial charge in [-0.05, 0) is 49.3 Å². The first kappa shape index (κ1) is 19.8. The zero-order chi connectivity index (χ0) is 19.4. The van der Waals surface area contributed by atoms with Gasteiger partial charge in [-0.1, -0.05) is 12.1 Å². The van der Waals surface area contributed by atoms with Crippen LogP contribution >= 0.6 is 0 Å². The van der Waals surface area contributed by atoms with Gasteiger partial charge < -0.3 is 4.90 Å². The van der Waals surface area contributed by atoms with E-state index in [-0.39, 0.29) is 24.3 Å². The number of hydrogen-bond donors (Lipinski definition) is 1. The second-order valence-electron chi connectivity index (χ2n) is 7.34. The second kappa shape index (κ2) is 8.39. The molecular formula is C19H26N2O5S. The fraction of sp³-hybridized carbons (Fsp3) is 0.579. The molecule has 2 heterocycles. The Morgan fingerprint density at radius 1 is 1.11 bits per heavy atom. The van der Waals surface area contributed by atoms with Crippen molar-refractivity contribution in [3.05, 3.63) is 29.8 Å². The number of rotatable bonds is 6. The lowest BCUT2D eigenvalue weighted by atomic mass is 9.90. The summed E-state index contributed by atoms with van der Waals surface area (Å²) in [7, 11) is -3.36. The lowest BCUT2D eigenvalue weighted by Gasteiger charge is -2.33. The molecule has 0 aliphatic carbocycles. The van der Waals surface area contributed by atoms with Gasteiger partial charge in [0.15, 0.2) is 0 Å². The van der Waals surface area contributed by atoms with Gasteiger partial charge in [-0.25, -0.2) is 0 Å². The van der Waals surface area contributed by atoms with Crippen molar-refractivity contribution in [3.63, 3.8) is 0 Å². The topological polar surface area (TPSA) is 92.8 Å². The van der Waals surface area contributed by atoms with Crippen molar-refractivity contribution in [2.24, 2.45) is 5.92 Å². The van der Waals surface area contributed by atoms with E-state index in [1.54, 1.807) is 0 Å². The SMILES string of the molecule is CS(=O)(=O)OCCC1CCN(c2ccc(C3CCC(=O)NC3=O)cc2)CC1. The Morgan fingerprint density at radius 2 is 1.78 bits per heavy atom. The summed E-state index contributed by atoms with van der Waals surface area (Å²) in [5.41, 5.74) is 2.06. The number of hydrogen-bond acceptors (Lipinski definition) is 6. The van der Waals surface area contributed by atoms with Crippen LogP contribution in [0.4, 0.5) is 5.69 Å². The van der Waals surface area contributed by atoms with Crippen molar-refractivity contribution >= 4 is 27.6 Å². The molecule has 0 radical (unpaired) electrons.